The molecule has 2 rings (SSSR count). The van der Waals surface area contributed by atoms with E-state index in [-0.39, 0.29) is 6.29 Å². The molecule has 1 fully saturated rings. The van der Waals surface area contributed by atoms with Crippen LogP contribution >= 0.6 is 0 Å². The Balaban J connectivity index is 1.91. The van der Waals surface area contributed by atoms with E-state index in [9.17, 15) is 0 Å². The highest BCUT2D eigenvalue weighted by atomic mass is 16.7. The van der Waals surface area contributed by atoms with Crippen LogP contribution in [0.3, 0.4) is 0 Å². The van der Waals surface area contributed by atoms with E-state index in [1.807, 2.05) is 0 Å². The van der Waals surface area contributed by atoms with Gasteiger partial charge in [-0.1, -0.05) is 18.2 Å². The Morgan fingerprint density at radius 3 is 2.61 bits per heavy atom. The van der Waals surface area contributed by atoms with Crippen molar-refractivity contribution in [1.29, 1.82) is 0 Å². The van der Waals surface area contributed by atoms with E-state index in [1.165, 1.54) is 11.3 Å². The van der Waals surface area contributed by atoms with Crippen molar-refractivity contribution in [2.24, 2.45) is 0 Å². The minimum atomic E-state index is -0.0168. The van der Waals surface area contributed by atoms with E-state index in [1.54, 1.807) is 0 Å². The van der Waals surface area contributed by atoms with Gasteiger partial charge in [-0.05, 0) is 31.9 Å². The molecule has 1 aromatic carbocycles. The van der Waals surface area contributed by atoms with Crippen molar-refractivity contribution in [2.75, 3.05) is 31.2 Å². The first-order valence-corrected chi connectivity index (χ1v) is 6.85. The van der Waals surface area contributed by atoms with Crippen molar-refractivity contribution in [2.45, 2.75) is 33.0 Å². The number of hydrogen-bond acceptors (Lipinski definition) is 3. The van der Waals surface area contributed by atoms with Gasteiger partial charge in [-0.15, -0.1) is 0 Å². The number of aryl methyl sites for hydroxylation is 1. The van der Waals surface area contributed by atoms with Crippen molar-refractivity contribution in [3.8, 4) is 0 Å². The zero-order valence-corrected chi connectivity index (χ0v) is 11.4. The van der Waals surface area contributed by atoms with Crippen LogP contribution in [0.15, 0.2) is 24.3 Å². The predicted octanol–water partition coefficient (Wildman–Crippen LogP) is 2.97. The van der Waals surface area contributed by atoms with Crippen LogP contribution in [0.1, 0.15) is 25.3 Å². The minimum absolute atomic E-state index is 0.0168. The summed E-state index contributed by atoms with van der Waals surface area (Å²) in [5, 5.41) is 0. The number of benzene rings is 1. The third kappa shape index (κ3) is 3.47. The molecule has 0 radical (unpaired) electrons. The monoisotopic (exact) mass is 249 g/mol. The predicted molar refractivity (Wildman–Crippen MR) is 74.0 cm³/mol. The topological polar surface area (TPSA) is 21.7 Å². The molecule has 100 valence electrons. The van der Waals surface area contributed by atoms with E-state index >= 15 is 0 Å². The molecular weight excluding hydrogens is 226 g/mol. The number of ether oxygens (including phenoxy) is 2. The summed E-state index contributed by atoms with van der Waals surface area (Å²) in [5.41, 5.74) is 2.64. The lowest BCUT2D eigenvalue weighted by Gasteiger charge is -2.29. The van der Waals surface area contributed by atoms with Gasteiger partial charge in [0.1, 0.15) is 0 Å². The molecule has 3 heteroatoms. The zero-order valence-electron chi connectivity index (χ0n) is 11.4. The van der Waals surface area contributed by atoms with Gasteiger partial charge >= 0.3 is 0 Å². The van der Waals surface area contributed by atoms with Crippen LogP contribution in [0.2, 0.25) is 0 Å². The molecule has 0 saturated carbocycles. The quantitative estimate of drug-likeness (QED) is 0.800. The lowest BCUT2D eigenvalue weighted by Crippen LogP contribution is -2.32. The van der Waals surface area contributed by atoms with Crippen LogP contribution in [0.25, 0.3) is 0 Å². The first-order valence-electron chi connectivity index (χ1n) is 6.85. The molecule has 0 spiro atoms. The zero-order chi connectivity index (χ0) is 12.8. The fourth-order valence-corrected chi connectivity index (χ4v) is 2.33. The minimum Gasteiger partial charge on any atom is -0.371 e. The fourth-order valence-electron chi connectivity index (χ4n) is 2.33. The number of rotatable bonds is 5. The summed E-state index contributed by atoms with van der Waals surface area (Å²) in [4.78, 5) is 2.39. The second-order valence-electron chi connectivity index (χ2n) is 4.68. The third-order valence-corrected chi connectivity index (χ3v) is 3.37. The first kappa shape index (κ1) is 13.4. The van der Waals surface area contributed by atoms with Crippen molar-refractivity contribution < 1.29 is 9.47 Å². The molecule has 3 nitrogen and oxygen atoms in total. The molecule has 0 aromatic heterocycles. The smallest absolute Gasteiger partial charge is 0.159 e. The highest BCUT2D eigenvalue weighted by Crippen LogP contribution is 2.20. The first-order chi connectivity index (χ1) is 8.81. The van der Waals surface area contributed by atoms with Gasteiger partial charge in [0.2, 0.25) is 0 Å². The Labute approximate surface area is 110 Å². The fraction of sp³-hybridized carbons (Fsp3) is 0.600. The highest BCUT2D eigenvalue weighted by molar-refractivity contribution is 5.52. The molecule has 0 atom stereocenters. The van der Waals surface area contributed by atoms with Crippen LogP contribution in [0, 0.1) is 6.92 Å². The SMILES string of the molecule is CCN(CCC1OCCCO1)c1ccccc1C. The van der Waals surface area contributed by atoms with E-state index < -0.39 is 0 Å². The number of anilines is 1. The average molecular weight is 249 g/mol. The normalized spacial score (nSPS) is 16.8. The van der Waals surface area contributed by atoms with Crippen LogP contribution in [-0.2, 0) is 9.47 Å². The molecule has 0 unspecified atom stereocenters. The maximum Gasteiger partial charge on any atom is 0.159 e. The summed E-state index contributed by atoms with van der Waals surface area (Å²) in [6, 6.07) is 8.52. The van der Waals surface area contributed by atoms with Gasteiger partial charge in [0, 0.05) is 25.2 Å². The van der Waals surface area contributed by atoms with Crippen LogP contribution < -0.4 is 4.90 Å². The third-order valence-electron chi connectivity index (χ3n) is 3.37. The molecule has 1 saturated heterocycles. The van der Waals surface area contributed by atoms with Gasteiger partial charge in [-0.3, -0.25) is 0 Å². The summed E-state index contributed by atoms with van der Waals surface area (Å²) >= 11 is 0. The summed E-state index contributed by atoms with van der Waals surface area (Å²) in [6.07, 6.45) is 1.94. The Morgan fingerprint density at radius 1 is 1.22 bits per heavy atom. The average Bonchev–Trinajstić information content (AvgIpc) is 2.42. The Morgan fingerprint density at radius 2 is 1.94 bits per heavy atom. The Bertz CT molecular complexity index is 361. The van der Waals surface area contributed by atoms with Crippen LogP contribution in [0.4, 0.5) is 5.69 Å². The molecule has 1 aliphatic heterocycles. The molecular formula is C15H23NO2. The van der Waals surface area contributed by atoms with E-state index in [0.717, 1.165) is 39.1 Å². The molecule has 1 aliphatic rings. The second-order valence-corrected chi connectivity index (χ2v) is 4.68. The van der Waals surface area contributed by atoms with E-state index in [2.05, 4.69) is 43.0 Å². The van der Waals surface area contributed by atoms with Gasteiger partial charge in [0.15, 0.2) is 6.29 Å². The molecule has 0 amide bonds. The van der Waals surface area contributed by atoms with Crippen molar-refractivity contribution in [3.63, 3.8) is 0 Å². The summed E-state index contributed by atoms with van der Waals surface area (Å²) < 4.78 is 11.2. The van der Waals surface area contributed by atoms with E-state index in [0.29, 0.717) is 0 Å². The van der Waals surface area contributed by atoms with Crippen LogP contribution in [0.5, 0.6) is 0 Å². The van der Waals surface area contributed by atoms with E-state index in [4.69, 9.17) is 9.47 Å². The van der Waals surface area contributed by atoms with Crippen molar-refractivity contribution in [3.05, 3.63) is 29.8 Å². The van der Waals surface area contributed by atoms with Crippen molar-refractivity contribution >= 4 is 5.69 Å². The second kappa shape index (κ2) is 6.76. The Kier molecular flexibility index (Phi) is 5.02. The Hall–Kier alpha value is -1.06. The van der Waals surface area contributed by atoms with Gasteiger partial charge in [-0.2, -0.15) is 0 Å². The number of hydrogen-bond donors (Lipinski definition) is 0. The van der Waals surface area contributed by atoms with Gasteiger partial charge in [0.05, 0.1) is 13.2 Å². The van der Waals surface area contributed by atoms with Gasteiger partial charge in [0.25, 0.3) is 0 Å². The molecule has 0 aliphatic carbocycles. The van der Waals surface area contributed by atoms with Crippen molar-refractivity contribution in [1.82, 2.24) is 0 Å². The maximum absolute atomic E-state index is 5.59. The number of para-hydroxylation sites is 1. The summed E-state index contributed by atoms with van der Waals surface area (Å²) in [6.45, 7) is 8.01. The molecule has 0 N–H and O–H groups in total. The molecule has 1 heterocycles. The van der Waals surface area contributed by atoms with Gasteiger partial charge < -0.3 is 14.4 Å². The molecule has 0 bridgehead atoms. The molecule has 1 aromatic rings. The molecule has 18 heavy (non-hydrogen) atoms. The number of nitrogens with zero attached hydrogens (tertiary/aromatic N) is 1. The lowest BCUT2D eigenvalue weighted by molar-refractivity contribution is -0.179. The summed E-state index contributed by atoms with van der Waals surface area (Å²) in [5.74, 6) is 0. The summed E-state index contributed by atoms with van der Waals surface area (Å²) in [7, 11) is 0. The lowest BCUT2D eigenvalue weighted by atomic mass is 10.1. The standard InChI is InChI=1S/C15H23NO2/c1-3-16(14-8-5-4-7-13(14)2)10-9-15-17-11-6-12-18-15/h4-5,7-8,15H,3,6,9-12H2,1-2H3. The van der Waals surface area contributed by atoms with Gasteiger partial charge in [-0.25, -0.2) is 0 Å². The largest absolute Gasteiger partial charge is 0.371 e. The van der Waals surface area contributed by atoms with Crippen LogP contribution in [-0.4, -0.2) is 32.6 Å². The highest BCUT2D eigenvalue weighted by Gasteiger charge is 2.16. The maximum atomic E-state index is 5.59.